The van der Waals surface area contributed by atoms with Crippen molar-refractivity contribution >= 4 is 38.8 Å². The summed E-state index contributed by atoms with van der Waals surface area (Å²) >= 11 is 1.27. The molecule has 31 heavy (non-hydrogen) atoms. The van der Waals surface area contributed by atoms with Crippen LogP contribution in [-0.2, 0) is 10.0 Å². The molecule has 1 heterocycles. The number of anilines is 2. The third kappa shape index (κ3) is 4.96. The van der Waals surface area contributed by atoms with E-state index in [0.29, 0.717) is 11.4 Å². The maximum absolute atomic E-state index is 12.7. The van der Waals surface area contributed by atoms with Crippen LogP contribution in [0.2, 0.25) is 0 Å². The zero-order chi connectivity index (χ0) is 21.8. The molecule has 156 valence electrons. The normalized spacial score (nSPS) is 11.1. The first-order valence-corrected chi connectivity index (χ1v) is 11.6. The molecule has 4 aromatic rings. The molecule has 1 amide bonds. The highest BCUT2D eigenvalue weighted by atomic mass is 32.2. The second-order valence-corrected chi connectivity index (χ2v) is 9.11. The summed E-state index contributed by atoms with van der Waals surface area (Å²) in [6.45, 7) is 1.92. The Hall–Kier alpha value is -3.56. The summed E-state index contributed by atoms with van der Waals surface area (Å²) < 4.78 is 31.8. The lowest BCUT2D eigenvalue weighted by atomic mass is 10.1. The molecule has 1 aromatic heterocycles. The second-order valence-electron chi connectivity index (χ2n) is 6.82. The Morgan fingerprint density at radius 1 is 0.935 bits per heavy atom. The number of carbonyl (C=O) groups excluding carboxylic acids is 1. The lowest BCUT2D eigenvalue weighted by molar-refractivity contribution is 0.102. The Balaban J connectivity index is 1.49. The molecular formula is C22H18N4O3S2. The summed E-state index contributed by atoms with van der Waals surface area (Å²) in [5.41, 5.74) is 3.96. The standard InChI is InChI=1S/C22H18N4O3S2/c1-15-5-9-19(10-6-15)25-31(28,29)20-4-2-3-17(13-20)22(27)23-18-11-7-16(8-12-18)21-14-30-26-24-21/h2-14,25H,1H3,(H,23,27). The van der Waals surface area contributed by atoms with E-state index >= 15 is 0 Å². The number of nitrogens with one attached hydrogen (secondary N) is 2. The Labute approximate surface area is 184 Å². The molecule has 0 aliphatic carbocycles. The van der Waals surface area contributed by atoms with Gasteiger partial charge in [0, 0.05) is 27.9 Å². The monoisotopic (exact) mass is 450 g/mol. The topological polar surface area (TPSA) is 101 Å². The Kier molecular flexibility index (Phi) is 5.79. The van der Waals surface area contributed by atoms with E-state index in [9.17, 15) is 13.2 Å². The minimum absolute atomic E-state index is 0.00658. The Morgan fingerprint density at radius 2 is 1.65 bits per heavy atom. The number of nitrogens with zero attached hydrogens (tertiary/aromatic N) is 2. The van der Waals surface area contributed by atoms with E-state index in [-0.39, 0.29) is 10.5 Å². The highest BCUT2D eigenvalue weighted by molar-refractivity contribution is 7.92. The van der Waals surface area contributed by atoms with Crippen LogP contribution in [0, 0.1) is 6.92 Å². The van der Waals surface area contributed by atoms with E-state index in [2.05, 4.69) is 19.6 Å². The van der Waals surface area contributed by atoms with Gasteiger partial charge in [-0.1, -0.05) is 40.4 Å². The zero-order valence-electron chi connectivity index (χ0n) is 16.4. The fourth-order valence-electron chi connectivity index (χ4n) is 2.86. The molecule has 0 aliphatic heterocycles. The van der Waals surface area contributed by atoms with Gasteiger partial charge >= 0.3 is 0 Å². The van der Waals surface area contributed by atoms with Crippen molar-refractivity contribution in [2.45, 2.75) is 11.8 Å². The summed E-state index contributed by atoms with van der Waals surface area (Å²) in [5, 5.41) is 8.63. The number of rotatable bonds is 6. The lowest BCUT2D eigenvalue weighted by Gasteiger charge is -2.10. The van der Waals surface area contributed by atoms with E-state index in [1.54, 1.807) is 30.3 Å². The summed E-state index contributed by atoms with van der Waals surface area (Å²) in [4.78, 5) is 12.7. The molecule has 0 saturated heterocycles. The molecule has 0 radical (unpaired) electrons. The van der Waals surface area contributed by atoms with Gasteiger partial charge in [0.2, 0.25) is 0 Å². The van der Waals surface area contributed by atoms with Crippen molar-refractivity contribution in [3.8, 4) is 11.3 Å². The summed E-state index contributed by atoms with van der Waals surface area (Å²) in [7, 11) is -3.83. The SMILES string of the molecule is Cc1ccc(NS(=O)(=O)c2cccc(C(=O)Nc3ccc(-c4csnn4)cc3)c2)cc1. The lowest BCUT2D eigenvalue weighted by Crippen LogP contribution is -2.16. The van der Waals surface area contributed by atoms with Crippen molar-refractivity contribution < 1.29 is 13.2 Å². The molecule has 0 saturated carbocycles. The highest BCUT2D eigenvalue weighted by Crippen LogP contribution is 2.21. The molecule has 0 fully saturated rings. The Morgan fingerprint density at radius 3 is 2.32 bits per heavy atom. The van der Waals surface area contributed by atoms with Gasteiger partial charge in [0.1, 0.15) is 5.69 Å². The zero-order valence-corrected chi connectivity index (χ0v) is 18.1. The fraction of sp³-hybridized carbons (Fsp3) is 0.0455. The van der Waals surface area contributed by atoms with Crippen molar-refractivity contribution in [2.24, 2.45) is 0 Å². The van der Waals surface area contributed by atoms with Gasteiger partial charge in [-0.05, 0) is 60.9 Å². The molecule has 0 aliphatic rings. The third-order valence-corrected chi connectivity index (χ3v) is 6.39. The van der Waals surface area contributed by atoms with Crippen molar-refractivity contribution in [2.75, 3.05) is 10.0 Å². The molecule has 0 unspecified atom stereocenters. The summed E-state index contributed by atoms with van der Waals surface area (Å²) in [6.07, 6.45) is 0. The molecule has 7 nitrogen and oxygen atoms in total. The predicted octanol–water partition coefficient (Wildman–Crippen LogP) is 4.57. The summed E-state index contributed by atoms with van der Waals surface area (Å²) in [6, 6.07) is 20.1. The molecule has 0 spiro atoms. The van der Waals surface area contributed by atoms with E-state index in [0.717, 1.165) is 16.8 Å². The van der Waals surface area contributed by atoms with Gasteiger partial charge in [-0.2, -0.15) is 0 Å². The second kappa shape index (κ2) is 8.66. The van der Waals surface area contributed by atoms with E-state index in [1.807, 2.05) is 36.6 Å². The average molecular weight is 451 g/mol. The van der Waals surface area contributed by atoms with Crippen LogP contribution >= 0.6 is 11.5 Å². The molecule has 0 bridgehead atoms. The molecule has 9 heteroatoms. The maximum atomic E-state index is 12.7. The van der Waals surface area contributed by atoms with E-state index in [4.69, 9.17) is 0 Å². The number of aromatic nitrogens is 2. The van der Waals surface area contributed by atoms with Crippen LogP contribution in [0.25, 0.3) is 11.3 Å². The van der Waals surface area contributed by atoms with Crippen LogP contribution in [0.1, 0.15) is 15.9 Å². The van der Waals surface area contributed by atoms with Crippen LogP contribution in [-0.4, -0.2) is 23.9 Å². The minimum Gasteiger partial charge on any atom is -0.322 e. The smallest absolute Gasteiger partial charge is 0.261 e. The van der Waals surface area contributed by atoms with Crippen LogP contribution in [0.3, 0.4) is 0 Å². The highest BCUT2D eigenvalue weighted by Gasteiger charge is 2.17. The molecule has 0 atom stereocenters. The first kappa shape index (κ1) is 20.7. The Bertz CT molecular complexity index is 1300. The summed E-state index contributed by atoms with van der Waals surface area (Å²) in [5.74, 6) is -0.407. The number of aryl methyl sites for hydroxylation is 1. The molecule has 3 aromatic carbocycles. The number of amides is 1. The number of carbonyl (C=O) groups is 1. The fourth-order valence-corrected chi connectivity index (χ4v) is 4.43. The molecule has 4 rings (SSSR count). The van der Waals surface area contributed by atoms with E-state index < -0.39 is 15.9 Å². The number of benzene rings is 3. The number of sulfonamides is 1. The minimum atomic E-state index is -3.83. The van der Waals surface area contributed by atoms with Crippen LogP contribution < -0.4 is 10.0 Å². The maximum Gasteiger partial charge on any atom is 0.261 e. The van der Waals surface area contributed by atoms with Crippen LogP contribution in [0.4, 0.5) is 11.4 Å². The van der Waals surface area contributed by atoms with E-state index in [1.165, 1.54) is 29.7 Å². The van der Waals surface area contributed by atoms with Crippen LogP contribution in [0.15, 0.2) is 83.1 Å². The average Bonchev–Trinajstić information content (AvgIpc) is 3.31. The number of hydrogen-bond donors (Lipinski definition) is 2. The largest absolute Gasteiger partial charge is 0.322 e. The molecule has 2 N–H and O–H groups in total. The van der Waals surface area contributed by atoms with Crippen molar-refractivity contribution in [1.82, 2.24) is 9.59 Å². The van der Waals surface area contributed by atoms with Crippen molar-refractivity contribution in [3.63, 3.8) is 0 Å². The van der Waals surface area contributed by atoms with Gasteiger partial charge in [-0.25, -0.2) is 8.42 Å². The quantitative estimate of drug-likeness (QED) is 0.448. The first-order valence-electron chi connectivity index (χ1n) is 9.29. The van der Waals surface area contributed by atoms with Gasteiger partial charge in [-0.15, -0.1) is 5.10 Å². The van der Waals surface area contributed by atoms with Gasteiger partial charge in [-0.3, -0.25) is 9.52 Å². The van der Waals surface area contributed by atoms with Crippen molar-refractivity contribution in [3.05, 3.63) is 89.3 Å². The number of hydrogen-bond acceptors (Lipinski definition) is 6. The van der Waals surface area contributed by atoms with Crippen LogP contribution in [0.5, 0.6) is 0 Å². The van der Waals surface area contributed by atoms with Gasteiger partial charge in [0.05, 0.1) is 4.90 Å². The molecular weight excluding hydrogens is 432 g/mol. The van der Waals surface area contributed by atoms with Gasteiger partial charge in [0.15, 0.2) is 0 Å². The predicted molar refractivity (Wildman–Crippen MR) is 122 cm³/mol. The van der Waals surface area contributed by atoms with Crippen molar-refractivity contribution in [1.29, 1.82) is 0 Å². The third-order valence-electron chi connectivity index (χ3n) is 4.51. The van der Waals surface area contributed by atoms with Gasteiger partial charge < -0.3 is 5.32 Å². The van der Waals surface area contributed by atoms with Gasteiger partial charge in [0.25, 0.3) is 15.9 Å². The first-order chi connectivity index (χ1) is 14.9.